The Labute approximate surface area is 133 Å². The molecule has 1 heterocycles. The minimum Gasteiger partial charge on any atom is -0.396 e. The highest BCUT2D eigenvalue weighted by Gasteiger charge is 2.26. The van der Waals surface area contributed by atoms with E-state index in [0.29, 0.717) is 28.6 Å². The lowest BCUT2D eigenvalue weighted by molar-refractivity contribution is 0.0882. The molecule has 0 spiro atoms. The van der Waals surface area contributed by atoms with Crippen LogP contribution in [0.15, 0.2) is 18.2 Å². The van der Waals surface area contributed by atoms with Gasteiger partial charge in [0.15, 0.2) is 0 Å². The molecule has 1 unspecified atom stereocenters. The van der Waals surface area contributed by atoms with Crippen LogP contribution < -0.4 is 5.32 Å². The van der Waals surface area contributed by atoms with Crippen molar-refractivity contribution in [1.29, 1.82) is 0 Å². The van der Waals surface area contributed by atoms with E-state index in [4.69, 9.17) is 28.3 Å². The van der Waals surface area contributed by atoms with Gasteiger partial charge in [0.05, 0.1) is 5.02 Å². The maximum atomic E-state index is 12.4. The smallest absolute Gasteiger partial charge is 0.269 e. The molecule has 0 aliphatic rings. The maximum absolute atomic E-state index is 12.4. The van der Waals surface area contributed by atoms with Crippen LogP contribution in [0.4, 0.5) is 0 Å². The molecule has 2 rings (SSSR count). The van der Waals surface area contributed by atoms with Crippen molar-refractivity contribution in [3.05, 3.63) is 33.9 Å². The van der Waals surface area contributed by atoms with Crippen molar-refractivity contribution in [3.63, 3.8) is 0 Å². The number of aromatic nitrogens is 1. The highest BCUT2D eigenvalue weighted by molar-refractivity contribution is 6.39. The molecule has 1 atom stereocenters. The van der Waals surface area contributed by atoms with Crippen molar-refractivity contribution >= 4 is 40.0 Å². The van der Waals surface area contributed by atoms with Crippen molar-refractivity contribution in [1.82, 2.24) is 10.3 Å². The number of aromatic amines is 1. The Hall–Kier alpha value is -1.23. The SMILES string of the molecule is CCC(C)(CCO)NC(=O)c1[nH]c2ccc(Cl)cc2c1Cl. The highest BCUT2D eigenvalue weighted by atomic mass is 35.5. The van der Waals surface area contributed by atoms with Crippen molar-refractivity contribution in [3.8, 4) is 0 Å². The summed E-state index contributed by atoms with van der Waals surface area (Å²) in [6.45, 7) is 3.87. The standard InChI is InChI=1S/C15H18Cl2N2O2/c1-3-15(2,6-7-20)19-14(21)13-12(17)10-8-9(16)4-5-11(10)18-13/h4-5,8,18,20H,3,6-7H2,1-2H3,(H,19,21). The molecule has 21 heavy (non-hydrogen) atoms. The molecule has 1 aromatic heterocycles. The van der Waals surface area contributed by atoms with Crippen LogP contribution in [0.2, 0.25) is 10.0 Å². The third-order valence-corrected chi connectivity index (χ3v) is 4.41. The molecule has 114 valence electrons. The van der Waals surface area contributed by atoms with Crippen LogP contribution in [0.25, 0.3) is 10.9 Å². The number of amides is 1. The molecule has 1 aromatic carbocycles. The third-order valence-electron chi connectivity index (χ3n) is 3.78. The van der Waals surface area contributed by atoms with Crippen LogP contribution >= 0.6 is 23.2 Å². The van der Waals surface area contributed by atoms with Crippen molar-refractivity contribution in [2.45, 2.75) is 32.2 Å². The predicted octanol–water partition coefficient (Wildman–Crippen LogP) is 3.76. The quantitative estimate of drug-likeness (QED) is 0.782. The first-order valence-electron chi connectivity index (χ1n) is 6.80. The van der Waals surface area contributed by atoms with Crippen molar-refractivity contribution < 1.29 is 9.90 Å². The number of fused-ring (bicyclic) bond motifs is 1. The molecule has 6 heteroatoms. The van der Waals surface area contributed by atoms with Crippen LogP contribution in [0.3, 0.4) is 0 Å². The molecule has 0 aliphatic carbocycles. The average molecular weight is 329 g/mol. The van der Waals surface area contributed by atoms with Gasteiger partial charge in [0.1, 0.15) is 5.69 Å². The zero-order chi connectivity index (χ0) is 15.6. The van der Waals surface area contributed by atoms with E-state index >= 15 is 0 Å². The summed E-state index contributed by atoms with van der Waals surface area (Å²) in [6.07, 6.45) is 1.20. The van der Waals surface area contributed by atoms with Gasteiger partial charge in [-0.05, 0) is 38.0 Å². The van der Waals surface area contributed by atoms with Gasteiger partial charge in [-0.25, -0.2) is 0 Å². The molecule has 3 N–H and O–H groups in total. The zero-order valence-electron chi connectivity index (χ0n) is 12.0. The molecular formula is C15H18Cl2N2O2. The number of hydrogen-bond donors (Lipinski definition) is 3. The van der Waals surface area contributed by atoms with Gasteiger partial charge in [-0.2, -0.15) is 0 Å². The molecule has 0 saturated heterocycles. The summed E-state index contributed by atoms with van der Waals surface area (Å²) in [6, 6.07) is 5.24. The Morgan fingerprint density at radius 3 is 2.76 bits per heavy atom. The van der Waals surface area contributed by atoms with Crippen molar-refractivity contribution in [2.75, 3.05) is 6.61 Å². The molecule has 0 fully saturated rings. The van der Waals surface area contributed by atoms with Gasteiger partial charge in [-0.1, -0.05) is 30.1 Å². The van der Waals surface area contributed by atoms with Gasteiger partial charge < -0.3 is 15.4 Å². The van der Waals surface area contributed by atoms with E-state index < -0.39 is 5.54 Å². The fourth-order valence-corrected chi connectivity index (χ4v) is 2.66. The summed E-state index contributed by atoms with van der Waals surface area (Å²) in [5, 5.41) is 13.7. The monoisotopic (exact) mass is 328 g/mol. The van der Waals surface area contributed by atoms with Crippen LogP contribution in [-0.2, 0) is 0 Å². The van der Waals surface area contributed by atoms with Gasteiger partial charge in [0, 0.05) is 28.1 Å². The van der Waals surface area contributed by atoms with Gasteiger partial charge in [-0.15, -0.1) is 0 Å². The molecule has 4 nitrogen and oxygen atoms in total. The maximum Gasteiger partial charge on any atom is 0.269 e. The molecule has 0 saturated carbocycles. The number of carbonyl (C=O) groups excluding carboxylic acids is 1. The van der Waals surface area contributed by atoms with Gasteiger partial charge in [0.25, 0.3) is 5.91 Å². The average Bonchev–Trinajstić information content (AvgIpc) is 2.76. The molecule has 0 radical (unpaired) electrons. The van der Waals surface area contributed by atoms with E-state index in [2.05, 4.69) is 10.3 Å². The number of halogens is 2. The number of benzene rings is 1. The van der Waals surface area contributed by atoms with Crippen molar-refractivity contribution in [2.24, 2.45) is 0 Å². The lowest BCUT2D eigenvalue weighted by Gasteiger charge is -2.28. The van der Waals surface area contributed by atoms with Crippen LogP contribution in [0, 0.1) is 0 Å². The second-order valence-electron chi connectivity index (χ2n) is 5.35. The lowest BCUT2D eigenvalue weighted by atomic mass is 9.95. The second kappa shape index (κ2) is 6.26. The first-order valence-corrected chi connectivity index (χ1v) is 7.56. The van der Waals surface area contributed by atoms with Crippen LogP contribution in [0.1, 0.15) is 37.2 Å². The molecule has 0 aliphatic heterocycles. The third kappa shape index (κ3) is 3.34. The number of carbonyl (C=O) groups is 1. The van der Waals surface area contributed by atoms with E-state index in [1.165, 1.54) is 0 Å². The normalized spacial score (nSPS) is 14.1. The Morgan fingerprint density at radius 2 is 2.14 bits per heavy atom. The summed E-state index contributed by atoms with van der Waals surface area (Å²) in [7, 11) is 0. The number of rotatable bonds is 5. The molecule has 1 amide bonds. The van der Waals surface area contributed by atoms with Gasteiger partial charge in [0.2, 0.25) is 0 Å². The summed E-state index contributed by atoms with van der Waals surface area (Å²) < 4.78 is 0. The number of nitrogens with one attached hydrogen (secondary N) is 2. The summed E-state index contributed by atoms with van der Waals surface area (Å²) in [5.74, 6) is -0.287. The Kier molecular flexibility index (Phi) is 4.81. The number of hydrogen-bond acceptors (Lipinski definition) is 2. The number of H-pyrrole nitrogens is 1. The lowest BCUT2D eigenvalue weighted by Crippen LogP contribution is -2.46. The van der Waals surface area contributed by atoms with E-state index in [1.54, 1.807) is 18.2 Å². The number of aliphatic hydroxyl groups is 1. The fourth-order valence-electron chi connectivity index (χ4n) is 2.20. The van der Waals surface area contributed by atoms with Gasteiger partial charge >= 0.3 is 0 Å². The first kappa shape index (κ1) is 16.1. The molecule has 2 aromatic rings. The summed E-state index contributed by atoms with van der Waals surface area (Å²) in [4.78, 5) is 15.4. The number of aliphatic hydroxyl groups excluding tert-OH is 1. The molecular weight excluding hydrogens is 311 g/mol. The topological polar surface area (TPSA) is 65.1 Å². The van der Waals surface area contributed by atoms with E-state index in [9.17, 15) is 4.79 Å². The predicted molar refractivity (Wildman–Crippen MR) is 86.2 cm³/mol. The Bertz CT molecular complexity index is 669. The zero-order valence-corrected chi connectivity index (χ0v) is 13.5. The van der Waals surface area contributed by atoms with Crippen LogP contribution in [-0.4, -0.2) is 28.1 Å². The second-order valence-corrected chi connectivity index (χ2v) is 6.16. The largest absolute Gasteiger partial charge is 0.396 e. The first-order chi connectivity index (χ1) is 9.90. The summed E-state index contributed by atoms with van der Waals surface area (Å²) in [5.41, 5.74) is 0.603. The minimum absolute atomic E-state index is 0.0145. The fraction of sp³-hybridized carbons (Fsp3) is 0.400. The van der Waals surface area contributed by atoms with Gasteiger partial charge in [-0.3, -0.25) is 4.79 Å². The minimum atomic E-state index is -0.468. The van der Waals surface area contributed by atoms with E-state index in [1.807, 2.05) is 13.8 Å². The Balaban J connectivity index is 2.33. The highest BCUT2D eigenvalue weighted by Crippen LogP contribution is 2.30. The summed E-state index contributed by atoms with van der Waals surface area (Å²) >= 11 is 12.2. The molecule has 0 bridgehead atoms. The van der Waals surface area contributed by atoms with E-state index in [-0.39, 0.29) is 12.5 Å². The van der Waals surface area contributed by atoms with Crippen LogP contribution in [0.5, 0.6) is 0 Å². The Morgan fingerprint density at radius 1 is 1.43 bits per heavy atom. The van der Waals surface area contributed by atoms with E-state index in [0.717, 1.165) is 10.9 Å².